The Morgan fingerprint density at radius 3 is 2.31 bits per heavy atom. The molecule has 0 saturated carbocycles. The molecule has 0 fully saturated rings. The first-order chi connectivity index (χ1) is 7.56. The van der Waals surface area contributed by atoms with E-state index in [1.54, 1.807) is 0 Å². The average molecular weight is 231 g/mol. The van der Waals surface area contributed by atoms with Crippen LogP contribution in [0.15, 0.2) is 0 Å². The number of ether oxygens (including phenoxy) is 2. The number of hydrogen-bond acceptors (Lipinski definition) is 3. The standard InChI is InChI=1S/C13H29NO2/c1-6-15-10-13(5)16-12(4)9-14-8-7-11(2)3/h11-14H,6-10H2,1-5H3. The van der Waals surface area contributed by atoms with Gasteiger partial charge in [-0.3, -0.25) is 0 Å². The van der Waals surface area contributed by atoms with E-state index in [2.05, 4.69) is 33.0 Å². The Kier molecular flexibility index (Phi) is 9.99. The molecule has 0 aromatic heterocycles. The van der Waals surface area contributed by atoms with Crippen LogP contribution in [-0.4, -0.2) is 38.5 Å². The summed E-state index contributed by atoms with van der Waals surface area (Å²) < 4.78 is 11.1. The Hall–Kier alpha value is -0.120. The second kappa shape index (κ2) is 10.1. The predicted octanol–water partition coefficient (Wildman–Crippen LogP) is 2.45. The molecule has 0 aliphatic carbocycles. The van der Waals surface area contributed by atoms with Gasteiger partial charge in [0.05, 0.1) is 18.8 Å². The van der Waals surface area contributed by atoms with Gasteiger partial charge in [-0.15, -0.1) is 0 Å². The van der Waals surface area contributed by atoms with Crippen LogP contribution in [0.2, 0.25) is 0 Å². The monoisotopic (exact) mass is 231 g/mol. The van der Waals surface area contributed by atoms with Crippen LogP contribution in [0, 0.1) is 5.92 Å². The van der Waals surface area contributed by atoms with Crippen molar-refractivity contribution >= 4 is 0 Å². The number of hydrogen-bond donors (Lipinski definition) is 1. The lowest BCUT2D eigenvalue weighted by Crippen LogP contribution is -2.32. The van der Waals surface area contributed by atoms with Gasteiger partial charge in [-0.1, -0.05) is 13.8 Å². The molecule has 2 atom stereocenters. The third-order valence-electron chi connectivity index (χ3n) is 2.35. The summed E-state index contributed by atoms with van der Waals surface area (Å²) in [6.45, 7) is 14.1. The van der Waals surface area contributed by atoms with Crippen LogP contribution >= 0.6 is 0 Å². The Labute approximate surface area is 101 Å². The lowest BCUT2D eigenvalue weighted by Gasteiger charge is -2.19. The molecule has 3 heteroatoms. The lowest BCUT2D eigenvalue weighted by atomic mass is 10.1. The maximum absolute atomic E-state index is 5.77. The van der Waals surface area contributed by atoms with Crippen molar-refractivity contribution in [1.82, 2.24) is 5.32 Å². The summed E-state index contributed by atoms with van der Waals surface area (Å²) in [5.74, 6) is 0.764. The van der Waals surface area contributed by atoms with Crippen molar-refractivity contribution in [3.8, 4) is 0 Å². The summed E-state index contributed by atoms with van der Waals surface area (Å²) in [7, 11) is 0. The molecule has 3 nitrogen and oxygen atoms in total. The van der Waals surface area contributed by atoms with E-state index in [4.69, 9.17) is 9.47 Å². The molecule has 0 spiro atoms. The third-order valence-corrected chi connectivity index (χ3v) is 2.35. The Morgan fingerprint density at radius 2 is 1.75 bits per heavy atom. The third kappa shape index (κ3) is 10.4. The van der Waals surface area contributed by atoms with Crippen molar-refractivity contribution in [2.45, 2.75) is 53.2 Å². The smallest absolute Gasteiger partial charge is 0.0784 e. The average Bonchev–Trinajstić information content (AvgIpc) is 2.21. The fourth-order valence-electron chi connectivity index (χ4n) is 1.46. The van der Waals surface area contributed by atoms with Crippen molar-refractivity contribution < 1.29 is 9.47 Å². The van der Waals surface area contributed by atoms with Crippen molar-refractivity contribution in [3.63, 3.8) is 0 Å². The van der Waals surface area contributed by atoms with Crippen LogP contribution in [-0.2, 0) is 9.47 Å². The van der Waals surface area contributed by atoms with Gasteiger partial charge in [0.15, 0.2) is 0 Å². The molecule has 98 valence electrons. The highest BCUT2D eigenvalue weighted by Crippen LogP contribution is 1.99. The van der Waals surface area contributed by atoms with E-state index < -0.39 is 0 Å². The SMILES string of the molecule is CCOCC(C)OC(C)CNCCC(C)C. The van der Waals surface area contributed by atoms with Gasteiger partial charge in [-0.2, -0.15) is 0 Å². The zero-order valence-electron chi connectivity index (χ0n) is 11.6. The molecular formula is C13H29NO2. The van der Waals surface area contributed by atoms with Crippen molar-refractivity contribution in [3.05, 3.63) is 0 Å². The van der Waals surface area contributed by atoms with Gasteiger partial charge in [0, 0.05) is 13.2 Å². The minimum atomic E-state index is 0.182. The van der Waals surface area contributed by atoms with Crippen molar-refractivity contribution in [2.24, 2.45) is 5.92 Å². The summed E-state index contributed by atoms with van der Waals surface area (Å²) in [4.78, 5) is 0. The minimum absolute atomic E-state index is 0.182. The summed E-state index contributed by atoms with van der Waals surface area (Å²) in [6.07, 6.45) is 1.66. The predicted molar refractivity (Wildman–Crippen MR) is 68.8 cm³/mol. The summed E-state index contributed by atoms with van der Waals surface area (Å²) in [5.41, 5.74) is 0. The quantitative estimate of drug-likeness (QED) is 0.586. The zero-order chi connectivity index (χ0) is 12.4. The molecule has 0 amide bonds. The van der Waals surface area contributed by atoms with Gasteiger partial charge >= 0.3 is 0 Å². The Morgan fingerprint density at radius 1 is 1.06 bits per heavy atom. The normalized spacial score (nSPS) is 15.4. The maximum Gasteiger partial charge on any atom is 0.0784 e. The molecular weight excluding hydrogens is 202 g/mol. The second-order valence-electron chi connectivity index (χ2n) is 4.80. The van der Waals surface area contributed by atoms with Gasteiger partial charge in [0.1, 0.15) is 0 Å². The zero-order valence-corrected chi connectivity index (χ0v) is 11.6. The molecule has 1 N–H and O–H groups in total. The molecule has 16 heavy (non-hydrogen) atoms. The Bertz CT molecular complexity index is 151. The first kappa shape index (κ1) is 15.9. The maximum atomic E-state index is 5.77. The van der Waals surface area contributed by atoms with E-state index in [9.17, 15) is 0 Å². The van der Waals surface area contributed by atoms with Crippen LogP contribution in [0.25, 0.3) is 0 Å². The van der Waals surface area contributed by atoms with Crippen LogP contribution in [0.1, 0.15) is 41.0 Å². The molecule has 0 aromatic carbocycles. The van der Waals surface area contributed by atoms with E-state index in [1.807, 2.05) is 6.92 Å². The highest BCUT2D eigenvalue weighted by atomic mass is 16.5. The molecule has 0 aliphatic rings. The van der Waals surface area contributed by atoms with E-state index in [0.717, 1.165) is 25.6 Å². The molecule has 0 heterocycles. The number of nitrogens with one attached hydrogen (secondary N) is 1. The van der Waals surface area contributed by atoms with Crippen molar-refractivity contribution in [1.29, 1.82) is 0 Å². The molecule has 2 unspecified atom stereocenters. The Balaban J connectivity index is 3.39. The fourth-order valence-corrected chi connectivity index (χ4v) is 1.46. The van der Waals surface area contributed by atoms with Gasteiger partial charge in [0.25, 0.3) is 0 Å². The molecule has 0 radical (unpaired) electrons. The fraction of sp³-hybridized carbons (Fsp3) is 1.00. The van der Waals surface area contributed by atoms with Gasteiger partial charge in [-0.05, 0) is 39.7 Å². The summed E-state index contributed by atoms with van der Waals surface area (Å²) in [5, 5.41) is 3.41. The molecule has 0 aliphatic heterocycles. The molecule has 0 bridgehead atoms. The van der Waals surface area contributed by atoms with Gasteiger partial charge < -0.3 is 14.8 Å². The van der Waals surface area contributed by atoms with Gasteiger partial charge in [-0.25, -0.2) is 0 Å². The number of rotatable bonds is 10. The highest BCUT2D eigenvalue weighted by Gasteiger charge is 2.08. The first-order valence-electron chi connectivity index (χ1n) is 6.50. The van der Waals surface area contributed by atoms with Crippen LogP contribution < -0.4 is 5.32 Å². The summed E-state index contributed by atoms with van der Waals surface area (Å²) in [6, 6.07) is 0. The molecule has 0 aromatic rings. The largest absolute Gasteiger partial charge is 0.379 e. The van der Waals surface area contributed by atoms with Crippen molar-refractivity contribution in [2.75, 3.05) is 26.3 Å². The van der Waals surface area contributed by atoms with Crippen LogP contribution in [0.5, 0.6) is 0 Å². The van der Waals surface area contributed by atoms with E-state index in [0.29, 0.717) is 6.61 Å². The molecule has 0 rings (SSSR count). The highest BCUT2D eigenvalue weighted by molar-refractivity contribution is 4.59. The van der Waals surface area contributed by atoms with Crippen LogP contribution in [0.3, 0.4) is 0 Å². The second-order valence-corrected chi connectivity index (χ2v) is 4.80. The van der Waals surface area contributed by atoms with E-state index >= 15 is 0 Å². The minimum Gasteiger partial charge on any atom is -0.379 e. The van der Waals surface area contributed by atoms with E-state index in [-0.39, 0.29) is 12.2 Å². The van der Waals surface area contributed by atoms with Crippen LogP contribution in [0.4, 0.5) is 0 Å². The topological polar surface area (TPSA) is 30.5 Å². The first-order valence-corrected chi connectivity index (χ1v) is 6.50. The summed E-state index contributed by atoms with van der Waals surface area (Å²) >= 11 is 0. The van der Waals surface area contributed by atoms with Gasteiger partial charge in [0.2, 0.25) is 0 Å². The lowest BCUT2D eigenvalue weighted by molar-refractivity contribution is -0.0383. The molecule has 0 saturated heterocycles. The van der Waals surface area contributed by atoms with E-state index in [1.165, 1.54) is 6.42 Å².